The molecule has 1 aromatic rings. The number of barbiturate groups is 1. The van der Waals surface area contributed by atoms with Crippen molar-refractivity contribution < 1.29 is 19.2 Å². The molecule has 1 heterocycles. The zero-order valence-electron chi connectivity index (χ0n) is 12.7. The quantitative estimate of drug-likeness (QED) is 0.848. The lowest BCUT2D eigenvalue weighted by Crippen LogP contribution is -2.62. The summed E-state index contributed by atoms with van der Waals surface area (Å²) in [6.45, 7) is 3.39. The molecule has 0 saturated carbocycles. The van der Waals surface area contributed by atoms with Crippen LogP contribution < -0.4 is 5.32 Å². The van der Waals surface area contributed by atoms with Crippen molar-refractivity contribution in [1.82, 2.24) is 9.80 Å². The van der Waals surface area contributed by atoms with Gasteiger partial charge in [0.15, 0.2) is 5.92 Å². The van der Waals surface area contributed by atoms with Crippen molar-refractivity contribution in [2.75, 3.05) is 18.4 Å². The van der Waals surface area contributed by atoms with Gasteiger partial charge in [-0.05, 0) is 38.1 Å². The lowest BCUT2D eigenvalue weighted by atomic mass is 10.0. The van der Waals surface area contributed by atoms with Crippen LogP contribution in [-0.2, 0) is 14.4 Å². The van der Waals surface area contributed by atoms with E-state index < -0.39 is 29.7 Å². The van der Waals surface area contributed by atoms with E-state index in [9.17, 15) is 19.2 Å². The highest BCUT2D eigenvalue weighted by Crippen LogP contribution is 2.20. The maximum atomic E-state index is 12.4. The van der Waals surface area contributed by atoms with Crippen LogP contribution in [0.15, 0.2) is 24.3 Å². The average molecular weight is 338 g/mol. The molecule has 1 saturated heterocycles. The third-order valence-corrected chi connectivity index (χ3v) is 3.75. The summed E-state index contributed by atoms with van der Waals surface area (Å²) in [6.07, 6.45) is 0. The van der Waals surface area contributed by atoms with Crippen LogP contribution in [0, 0.1) is 5.92 Å². The van der Waals surface area contributed by atoms with Gasteiger partial charge in [-0.15, -0.1) is 0 Å². The third-order valence-electron chi connectivity index (χ3n) is 3.49. The second-order valence-electron chi connectivity index (χ2n) is 4.88. The van der Waals surface area contributed by atoms with Crippen LogP contribution in [0.2, 0.25) is 5.02 Å². The highest BCUT2D eigenvalue weighted by molar-refractivity contribution is 6.31. The molecule has 23 heavy (non-hydrogen) atoms. The summed E-state index contributed by atoms with van der Waals surface area (Å²) in [5, 5.41) is 2.99. The molecule has 0 aromatic heterocycles. The molecular weight excluding hydrogens is 322 g/mol. The second kappa shape index (κ2) is 6.78. The molecule has 0 bridgehead atoms. The Morgan fingerprint density at radius 1 is 1.04 bits per heavy atom. The molecule has 0 unspecified atom stereocenters. The first kappa shape index (κ1) is 17.0. The van der Waals surface area contributed by atoms with E-state index in [-0.39, 0.29) is 13.1 Å². The van der Waals surface area contributed by atoms with Crippen molar-refractivity contribution in [1.29, 1.82) is 0 Å². The number of carbonyl (C=O) groups is 4. The van der Waals surface area contributed by atoms with Crippen LogP contribution in [0.4, 0.5) is 10.5 Å². The van der Waals surface area contributed by atoms with Crippen LogP contribution >= 0.6 is 11.6 Å². The van der Waals surface area contributed by atoms with Gasteiger partial charge in [0.2, 0.25) is 5.91 Å². The number of urea groups is 1. The number of anilines is 1. The lowest BCUT2D eigenvalue weighted by molar-refractivity contribution is -0.152. The number of carbonyl (C=O) groups excluding carboxylic acids is 4. The Labute approximate surface area is 138 Å². The zero-order valence-corrected chi connectivity index (χ0v) is 13.5. The average Bonchev–Trinajstić information content (AvgIpc) is 2.50. The smallest absolute Gasteiger partial charge is 0.325 e. The summed E-state index contributed by atoms with van der Waals surface area (Å²) in [4.78, 5) is 50.8. The first-order valence-electron chi connectivity index (χ1n) is 7.13. The molecule has 5 amide bonds. The molecule has 1 aromatic carbocycles. The van der Waals surface area contributed by atoms with E-state index >= 15 is 0 Å². The number of hydrogen-bond acceptors (Lipinski definition) is 4. The molecule has 0 spiro atoms. The van der Waals surface area contributed by atoms with Crippen molar-refractivity contribution in [3.05, 3.63) is 29.3 Å². The Morgan fingerprint density at radius 2 is 1.52 bits per heavy atom. The predicted octanol–water partition coefficient (Wildman–Crippen LogP) is 1.73. The highest BCUT2D eigenvalue weighted by atomic mass is 35.5. The van der Waals surface area contributed by atoms with E-state index in [1.165, 1.54) is 0 Å². The minimum Gasteiger partial charge on any atom is -0.325 e. The third kappa shape index (κ3) is 3.19. The predicted molar refractivity (Wildman–Crippen MR) is 83.7 cm³/mol. The Hall–Kier alpha value is -2.41. The van der Waals surface area contributed by atoms with Gasteiger partial charge >= 0.3 is 6.03 Å². The van der Waals surface area contributed by atoms with Gasteiger partial charge in [0, 0.05) is 23.8 Å². The second-order valence-corrected chi connectivity index (χ2v) is 5.31. The van der Waals surface area contributed by atoms with Gasteiger partial charge in [0.05, 0.1) is 0 Å². The zero-order chi connectivity index (χ0) is 17.1. The number of hydrogen-bond donors (Lipinski definition) is 1. The largest absolute Gasteiger partial charge is 0.333 e. The van der Waals surface area contributed by atoms with Crippen LogP contribution in [-0.4, -0.2) is 46.6 Å². The van der Waals surface area contributed by atoms with Gasteiger partial charge in [-0.3, -0.25) is 24.2 Å². The maximum absolute atomic E-state index is 12.4. The first-order chi connectivity index (χ1) is 10.9. The fourth-order valence-electron chi connectivity index (χ4n) is 2.31. The Morgan fingerprint density at radius 3 is 1.96 bits per heavy atom. The van der Waals surface area contributed by atoms with E-state index in [1.807, 2.05) is 0 Å². The fourth-order valence-corrected chi connectivity index (χ4v) is 2.43. The molecule has 122 valence electrons. The minimum atomic E-state index is -1.57. The van der Waals surface area contributed by atoms with Crippen molar-refractivity contribution in [3.8, 4) is 0 Å². The first-order valence-corrected chi connectivity index (χ1v) is 7.51. The van der Waals surface area contributed by atoms with Gasteiger partial charge in [-0.1, -0.05) is 11.6 Å². The summed E-state index contributed by atoms with van der Waals surface area (Å²) in [6, 6.07) is 5.56. The summed E-state index contributed by atoms with van der Waals surface area (Å²) in [5.74, 6) is -3.95. The van der Waals surface area contributed by atoms with Crippen LogP contribution in [0.25, 0.3) is 0 Å². The van der Waals surface area contributed by atoms with Gasteiger partial charge in [-0.2, -0.15) is 0 Å². The molecule has 1 fully saturated rings. The van der Waals surface area contributed by atoms with E-state index in [0.717, 1.165) is 9.80 Å². The Kier molecular flexibility index (Phi) is 5.00. The van der Waals surface area contributed by atoms with Crippen molar-refractivity contribution >= 4 is 41.0 Å². The SMILES string of the molecule is CCN1C(=O)C(C(=O)Nc2ccc(Cl)cc2)C(=O)N(CC)C1=O. The molecule has 2 rings (SSSR count). The number of amides is 5. The Bertz CT molecular complexity index is 633. The summed E-state index contributed by atoms with van der Waals surface area (Å²) < 4.78 is 0. The minimum absolute atomic E-state index is 0.0895. The molecule has 1 N–H and O–H groups in total. The van der Waals surface area contributed by atoms with Crippen molar-refractivity contribution in [2.45, 2.75) is 13.8 Å². The number of benzene rings is 1. The Balaban J connectivity index is 2.26. The lowest BCUT2D eigenvalue weighted by Gasteiger charge is -2.35. The normalized spacial score (nSPS) is 16.0. The molecule has 7 nitrogen and oxygen atoms in total. The maximum Gasteiger partial charge on any atom is 0.333 e. The van der Waals surface area contributed by atoms with E-state index in [4.69, 9.17) is 11.6 Å². The number of halogens is 1. The highest BCUT2D eigenvalue weighted by Gasteiger charge is 2.48. The van der Waals surface area contributed by atoms with Crippen LogP contribution in [0.1, 0.15) is 13.8 Å². The number of nitrogens with one attached hydrogen (secondary N) is 1. The van der Waals surface area contributed by atoms with Crippen molar-refractivity contribution in [2.24, 2.45) is 5.92 Å². The van der Waals surface area contributed by atoms with Gasteiger partial charge in [-0.25, -0.2) is 4.79 Å². The van der Waals surface area contributed by atoms with E-state index in [2.05, 4.69) is 5.32 Å². The molecule has 0 radical (unpaired) electrons. The van der Waals surface area contributed by atoms with E-state index in [0.29, 0.717) is 10.7 Å². The van der Waals surface area contributed by atoms with E-state index in [1.54, 1.807) is 38.1 Å². The van der Waals surface area contributed by atoms with Gasteiger partial charge in [0.25, 0.3) is 11.8 Å². The molecule has 1 aliphatic heterocycles. The number of nitrogens with zero attached hydrogens (tertiary/aromatic N) is 2. The topological polar surface area (TPSA) is 86.8 Å². The molecular formula is C15H16ClN3O4. The van der Waals surface area contributed by atoms with Gasteiger partial charge in [0.1, 0.15) is 0 Å². The van der Waals surface area contributed by atoms with Crippen LogP contribution in [0.5, 0.6) is 0 Å². The monoisotopic (exact) mass is 337 g/mol. The molecule has 0 atom stereocenters. The van der Waals surface area contributed by atoms with Crippen LogP contribution in [0.3, 0.4) is 0 Å². The van der Waals surface area contributed by atoms with Crippen molar-refractivity contribution in [3.63, 3.8) is 0 Å². The number of imide groups is 2. The summed E-state index contributed by atoms with van der Waals surface area (Å²) in [5.41, 5.74) is 0.406. The standard InChI is InChI=1S/C15H16ClN3O4/c1-3-18-13(21)11(14(22)19(4-2)15(18)23)12(20)17-10-7-5-9(16)6-8-10/h5-8,11H,3-4H2,1-2H3,(H,17,20). The molecule has 0 aliphatic carbocycles. The summed E-state index contributed by atoms with van der Waals surface area (Å²) >= 11 is 5.76. The fraction of sp³-hybridized carbons (Fsp3) is 0.333. The molecule has 8 heteroatoms. The van der Waals surface area contributed by atoms with Gasteiger partial charge < -0.3 is 5.32 Å². The molecule has 1 aliphatic rings. The summed E-state index contributed by atoms with van der Waals surface area (Å²) in [7, 11) is 0. The number of rotatable bonds is 4.